The summed E-state index contributed by atoms with van der Waals surface area (Å²) in [6.45, 7) is 3.69. The number of aryl methyl sites for hydroxylation is 1. The van der Waals surface area contributed by atoms with Crippen LogP contribution in [0.25, 0.3) is 11.0 Å². The minimum absolute atomic E-state index is 0.0330. The number of nitrogens with zero attached hydrogens (tertiary/aromatic N) is 3. The molecule has 1 spiro atoms. The smallest absolute Gasteiger partial charge is 0.228 e. The summed E-state index contributed by atoms with van der Waals surface area (Å²) in [4.78, 5) is 19.0. The topological polar surface area (TPSA) is 58.4 Å². The van der Waals surface area contributed by atoms with Crippen molar-refractivity contribution in [3.8, 4) is 0 Å². The highest BCUT2D eigenvalue weighted by molar-refractivity contribution is 5.80. The molecular weight excluding hydrogens is 314 g/mol. The third-order valence-electron chi connectivity index (χ3n) is 6.14. The molecule has 1 atom stereocenters. The van der Waals surface area contributed by atoms with Gasteiger partial charge in [-0.15, -0.1) is 0 Å². The van der Waals surface area contributed by atoms with E-state index >= 15 is 0 Å². The molecule has 5 heteroatoms. The standard InChI is InChI=1S/C20H27N3O2/c1-3-15(11-24)19(25)23-12-20(13-23)9-14(10-20)8-17-5-4-16-6-7-22(2)18(16)21-17/h4-7,14-15,24H,3,8-13H2,1-2H3/t15-/m1/s1. The molecule has 25 heavy (non-hydrogen) atoms. The number of pyridine rings is 1. The quantitative estimate of drug-likeness (QED) is 0.908. The van der Waals surface area contributed by atoms with Crippen molar-refractivity contribution in [3.05, 3.63) is 30.1 Å². The minimum atomic E-state index is -0.213. The van der Waals surface area contributed by atoms with Gasteiger partial charge in [0, 0.05) is 42.8 Å². The lowest BCUT2D eigenvalue weighted by Crippen LogP contribution is -2.64. The monoisotopic (exact) mass is 341 g/mol. The molecule has 0 aromatic carbocycles. The Morgan fingerprint density at radius 1 is 1.36 bits per heavy atom. The van der Waals surface area contributed by atoms with E-state index in [-0.39, 0.29) is 18.4 Å². The molecule has 1 amide bonds. The van der Waals surface area contributed by atoms with Gasteiger partial charge in [-0.25, -0.2) is 4.98 Å². The van der Waals surface area contributed by atoms with E-state index < -0.39 is 0 Å². The predicted molar refractivity (Wildman–Crippen MR) is 97.0 cm³/mol. The molecule has 2 aliphatic rings. The molecule has 4 rings (SSSR count). The number of fused-ring (bicyclic) bond motifs is 1. The van der Waals surface area contributed by atoms with E-state index in [1.165, 1.54) is 23.9 Å². The van der Waals surface area contributed by atoms with Crippen LogP contribution in [0.4, 0.5) is 0 Å². The van der Waals surface area contributed by atoms with Crippen molar-refractivity contribution in [3.63, 3.8) is 0 Å². The first-order valence-corrected chi connectivity index (χ1v) is 9.34. The molecule has 1 N–H and O–H groups in total. The highest BCUT2D eigenvalue weighted by Gasteiger charge is 2.53. The molecule has 0 unspecified atom stereocenters. The highest BCUT2D eigenvalue weighted by atomic mass is 16.3. The lowest BCUT2D eigenvalue weighted by Gasteiger charge is -2.59. The van der Waals surface area contributed by atoms with Crippen LogP contribution in [-0.2, 0) is 18.3 Å². The first-order valence-electron chi connectivity index (χ1n) is 9.34. The van der Waals surface area contributed by atoms with Crippen LogP contribution < -0.4 is 0 Å². The van der Waals surface area contributed by atoms with Crippen molar-refractivity contribution in [1.29, 1.82) is 0 Å². The highest BCUT2D eigenvalue weighted by Crippen LogP contribution is 2.53. The molecule has 1 saturated carbocycles. The molecule has 134 valence electrons. The Morgan fingerprint density at radius 2 is 2.12 bits per heavy atom. The van der Waals surface area contributed by atoms with Gasteiger partial charge >= 0.3 is 0 Å². The fraction of sp³-hybridized carbons (Fsp3) is 0.600. The van der Waals surface area contributed by atoms with E-state index in [4.69, 9.17) is 4.98 Å². The van der Waals surface area contributed by atoms with Gasteiger partial charge in [-0.2, -0.15) is 0 Å². The van der Waals surface area contributed by atoms with Crippen molar-refractivity contribution in [2.45, 2.75) is 32.6 Å². The zero-order chi connectivity index (χ0) is 17.6. The second-order valence-electron chi connectivity index (χ2n) is 8.10. The Hall–Kier alpha value is -1.88. The Kier molecular flexibility index (Phi) is 4.07. The average molecular weight is 341 g/mol. The molecule has 5 nitrogen and oxygen atoms in total. The average Bonchev–Trinajstić information content (AvgIpc) is 2.90. The van der Waals surface area contributed by atoms with Gasteiger partial charge in [-0.1, -0.05) is 6.92 Å². The van der Waals surface area contributed by atoms with E-state index in [1.807, 2.05) is 18.9 Å². The number of hydrogen-bond donors (Lipinski definition) is 1. The first-order chi connectivity index (χ1) is 12.0. The van der Waals surface area contributed by atoms with Crippen LogP contribution >= 0.6 is 0 Å². The maximum atomic E-state index is 12.3. The lowest BCUT2D eigenvalue weighted by molar-refractivity contribution is -0.160. The van der Waals surface area contributed by atoms with Crippen molar-refractivity contribution in [1.82, 2.24) is 14.5 Å². The SMILES string of the molecule is CC[C@H](CO)C(=O)N1CC2(CC(Cc3ccc4ccn(C)c4n3)C2)C1. The Balaban J connectivity index is 1.31. The maximum absolute atomic E-state index is 12.3. The number of carbonyl (C=O) groups is 1. The van der Waals surface area contributed by atoms with Crippen LogP contribution in [0.5, 0.6) is 0 Å². The number of likely N-dealkylation sites (tertiary alicyclic amines) is 1. The number of amides is 1. The van der Waals surface area contributed by atoms with Crippen molar-refractivity contribution >= 4 is 16.9 Å². The first kappa shape index (κ1) is 16.6. The van der Waals surface area contributed by atoms with Gasteiger partial charge in [-0.3, -0.25) is 4.79 Å². The van der Waals surface area contributed by atoms with Crippen LogP contribution in [0.15, 0.2) is 24.4 Å². The van der Waals surface area contributed by atoms with Crippen molar-refractivity contribution in [2.75, 3.05) is 19.7 Å². The largest absolute Gasteiger partial charge is 0.396 e. The summed E-state index contributed by atoms with van der Waals surface area (Å²) >= 11 is 0. The summed E-state index contributed by atoms with van der Waals surface area (Å²) in [6.07, 6.45) is 6.19. The fourth-order valence-electron chi connectivity index (χ4n) is 4.71. The van der Waals surface area contributed by atoms with E-state index in [1.54, 1.807) is 0 Å². The Bertz CT molecular complexity index is 779. The summed E-state index contributed by atoms with van der Waals surface area (Å²) in [5, 5.41) is 10.5. The van der Waals surface area contributed by atoms with Gasteiger partial charge in [0.25, 0.3) is 0 Å². The summed E-state index contributed by atoms with van der Waals surface area (Å²) in [7, 11) is 2.04. The van der Waals surface area contributed by atoms with Gasteiger partial charge in [0.1, 0.15) is 5.65 Å². The predicted octanol–water partition coefficient (Wildman–Crippen LogP) is 2.37. The van der Waals surface area contributed by atoms with Crippen LogP contribution in [0, 0.1) is 17.3 Å². The van der Waals surface area contributed by atoms with Crippen molar-refractivity contribution in [2.24, 2.45) is 24.3 Å². The van der Waals surface area contributed by atoms with Gasteiger partial charge in [0.15, 0.2) is 0 Å². The number of carbonyl (C=O) groups excluding carboxylic acids is 1. The zero-order valence-electron chi connectivity index (χ0n) is 15.1. The Morgan fingerprint density at radius 3 is 2.80 bits per heavy atom. The molecule has 2 fully saturated rings. The van der Waals surface area contributed by atoms with Crippen LogP contribution in [0.3, 0.4) is 0 Å². The lowest BCUT2D eigenvalue weighted by atomic mass is 9.56. The minimum Gasteiger partial charge on any atom is -0.396 e. The molecule has 0 radical (unpaired) electrons. The molecule has 3 heterocycles. The molecule has 1 aliphatic heterocycles. The van der Waals surface area contributed by atoms with Crippen LogP contribution in [0.2, 0.25) is 0 Å². The summed E-state index contributed by atoms with van der Waals surface area (Å²) < 4.78 is 2.07. The number of aliphatic hydroxyl groups is 1. The fourth-order valence-corrected chi connectivity index (χ4v) is 4.71. The van der Waals surface area contributed by atoms with E-state index in [0.717, 1.165) is 31.6 Å². The molecule has 1 aliphatic carbocycles. The van der Waals surface area contributed by atoms with Gasteiger partial charge < -0.3 is 14.6 Å². The zero-order valence-corrected chi connectivity index (χ0v) is 15.1. The van der Waals surface area contributed by atoms with E-state index in [9.17, 15) is 9.90 Å². The van der Waals surface area contributed by atoms with Crippen LogP contribution in [-0.4, -0.2) is 45.2 Å². The molecule has 2 aromatic heterocycles. The second kappa shape index (κ2) is 6.13. The number of aliphatic hydroxyl groups excluding tert-OH is 1. The van der Waals surface area contributed by atoms with E-state index in [0.29, 0.717) is 11.3 Å². The summed E-state index contributed by atoms with van der Waals surface area (Å²) in [5.41, 5.74) is 2.58. The second-order valence-corrected chi connectivity index (χ2v) is 8.10. The van der Waals surface area contributed by atoms with E-state index in [2.05, 4.69) is 29.0 Å². The van der Waals surface area contributed by atoms with Crippen LogP contribution in [0.1, 0.15) is 31.9 Å². The maximum Gasteiger partial charge on any atom is 0.228 e. The third-order valence-corrected chi connectivity index (χ3v) is 6.14. The molecule has 0 bridgehead atoms. The summed E-state index contributed by atoms with van der Waals surface area (Å²) in [6, 6.07) is 6.41. The van der Waals surface area contributed by atoms with Crippen molar-refractivity contribution < 1.29 is 9.90 Å². The number of hydrogen-bond acceptors (Lipinski definition) is 3. The number of rotatable bonds is 5. The molecular formula is C20H27N3O2. The van der Waals surface area contributed by atoms with Gasteiger partial charge in [-0.05, 0) is 49.8 Å². The molecule has 1 saturated heterocycles. The Labute approximate surface area is 148 Å². The summed E-state index contributed by atoms with van der Waals surface area (Å²) in [5.74, 6) is 0.603. The van der Waals surface area contributed by atoms with Gasteiger partial charge in [0.05, 0.1) is 12.5 Å². The number of aromatic nitrogens is 2. The molecule has 2 aromatic rings. The normalized spacial score (nSPS) is 20.5. The third kappa shape index (κ3) is 2.84. The van der Waals surface area contributed by atoms with Gasteiger partial charge in [0.2, 0.25) is 5.91 Å².